The smallest absolute Gasteiger partial charge is 0.186 e. The van der Waals surface area contributed by atoms with Crippen molar-refractivity contribution in [1.82, 2.24) is 0 Å². The molecule has 8 heterocycles. The molecule has 0 aliphatic carbocycles. The lowest BCUT2D eigenvalue weighted by molar-refractivity contribution is -0.384. The van der Waals surface area contributed by atoms with Crippen molar-refractivity contribution in [3.05, 3.63) is 0 Å². The second-order valence-electron chi connectivity index (χ2n) is 18.8. The molecule has 73 heavy (non-hydrogen) atoms. The third-order valence-corrected chi connectivity index (χ3v) is 13.6. The van der Waals surface area contributed by atoms with E-state index in [1.807, 2.05) is 0 Å². The summed E-state index contributed by atoms with van der Waals surface area (Å²) in [6.45, 7) is -4.34. The molecule has 0 amide bonds. The first-order valence-electron chi connectivity index (χ1n) is 23.4. The van der Waals surface area contributed by atoms with Gasteiger partial charge in [-0.3, -0.25) is 0 Å². The van der Waals surface area contributed by atoms with Crippen LogP contribution in [0.2, 0.25) is 0 Å². The van der Waals surface area contributed by atoms with Gasteiger partial charge in [0.1, 0.15) is 146 Å². The van der Waals surface area contributed by atoms with Crippen LogP contribution in [0.3, 0.4) is 0 Å². The van der Waals surface area contributed by atoms with E-state index in [1.54, 1.807) is 0 Å². The molecule has 18 N–H and O–H groups in total. The highest BCUT2D eigenvalue weighted by atomic mass is 16.8. The monoisotopic (exact) mass is 1070 g/mol. The average molecular weight is 1070 g/mol. The number of aliphatic hydroxyl groups excluding tert-OH is 18. The highest BCUT2D eigenvalue weighted by Crippen LogP contribution is 2.34. The Morgan fingerprint density at radius 2 is 0.466 bits per heavy atom. The number of hydrogen-bond donors (Lipinski definition) is 18. The lowest BCUT2D eigenvalue weighted by Crippen LogP contribution is -2.65. The van der Waals surface area contributed by atoms with E-state index < -0.39 is 250 Å². The van der Waals surface area contributed by atoms with Crippen molar-refractivity contribution in [3.8, 4) is 0 Å². The Balaban J connectivity index is 0.927. The van der Waals surface area contributed by atoms with E-state index >= 15 is 0 Å². The molecule has 424 valence electrons. The van der Waals surface area contributed by atoms with E-state index in [9.17, 15) is 91.9 Å². The molecule has 8 rings (SSSR count). The van der Waals surface area contributed by atoms with Gasteiger partial charge >= 0.3 is 0 Å². The van der Waals surface area contributed by atoms with Gasteiger partial charge in [0, 0.05) is 0 Å². The van der Waals surface area contributed by atoms with Gasteiger partial charge in [-0.25, -0.2) is 0 Å². The van der Waals surface area contributed by atoms with Crippen LogP contribution in [0.1, 0.15) is 0 Å². The van der Waals surface area contributed by atoms with E-state index in [0.717, 1.165) is 0 Å². The average Bonchev–Trinajstić information content (AvgIpc) is 3.36. The van der Waals surface area contributed by atoms with Gasteiger partial charge in [0.25, 0.3) is 0 Å². The van der Waals surface area contributed by atoms with Crippen molar-refractivity contribution in [2.45, 2.75) is 197 Å². The van der Waals surface area contributed by atoms with E-state index in [-0.39, 0.29) is 0 Å². The minimum Gasteiger partial charge on any atom is -0.388 e. The summed E-state index contributed by atoms with van der Waals surface area (Å²) < 4.78 is 83.6. The van der Waals surface area contributed by atoms with Crippen LogP contribution in [-0.2, 0) is 71.1 Å². The summed E-state index contributed by atoms with van der Waals surface area (Å²) in [5.74, 6) is 0. The maximum absolute atomic E-state index is 11.8. The summed E-state index contributed by atoms with van der Waals surface area (Å²) in [5, 5.41) is 191. The summed E-state index contributed by atoms with van der Waals surface area (Å²) in [7, 11) is 0. The van der Waals surface area contributed by atoms with E-state index in [1.165, 1.54) is 0 Å². The quantitative estimate of drug-likeness (QED) is 0.0768. The van der Waals surface area contributed by atoms with Crippen LogP contribution in [0.25, 0.3) is 0 Å². The summed E-state index contributed by atoms with van der Waals surface area (Å²) in [4.78, 5) is 0. The van der Waals surface area contributed by atoms with Gasteiger partial charge in [0.05, 0.1) is 52.9 Å². The Bertz CT molecular complexity index is 1710. The fraction of sp³-hybridized carbons (Fsp3) is 1.00. The van der Waals surface area contributed by atoms with Crippen molar-refractivity contribution < 1.29 is 163 Å². The predicted molar refractivity (Wildman–Crippen MR) is 216 cm³/mol. The van der Waals surface area contributed by atoms with Crippen LogP contribution < -0.4 is 0 Å². The molecular formula is C40H66O33. The van der Waals surface area contributed by atoms with Crippen LogP contribution in [0.4, 0.5) is 0 Å². The van der Waals surface area contributed by atoms with Gasteiger partial charge in [-0.1, -0.05) is 0 Å². The number of aliphatic hydroxyl groups is 18. The van der Waals surface area contributed by atoms with Gasteiger partial charge in [0.15, 0.2) is 50.3 Å². The topological polar surface area (TPSA) is 503 Å². The molecule has 8 fully saturated rings. The molecule has 32 atom stereocenters. The summed E-state index contributed by atoms with van der Waals surface area (Å²) >= 11 is 0. The first-order chi connectivity index (χ1) is 34.6. The summed E-state index contributed by atoms with van der Waals surface area (Å²) in [6, 6.07) is 0. The molecule has 0 radical (unpaired) electrons. The Morgan fingerprint density at radius 3 is 0.890 bits per heavy atom. The van der Waals surface area contributed by atoms with Crippen molar-refractivity contribution in [1.29, 1.82) is 0 Å². The third-order valence-electron chi connectivity index (χ3n) is 13.6. The van der Waals surface area contributed by atoms with Gasteiger partial charge in [-0.2, -0.15) is 0 Å². The van der Waals surface area contributed by atoms with Crippen molar-refractivity contribution in [3.63, 3.8) is 0 Å². The van der Waals surface area contributed by atoms with Crippen LogP contribution in [0.15, 0.2) is 0 Å². The van der Waals surface area contributed by atoms with E-state index in [0.29, 0.717) is 0 Å². The molecular weight excluding hydrogens is 1010 g/mol. The zero-order chi connectivity index (χ0) is 52.7. The minimum absolute atomic E-state index is 0.438. The van der Waals surface area contributed by atoms with E-state index in [4.69, 9.17) is 71.1 Å². The molecule has 33 heteroatoms. The molecule has 0 unspecified atom stereocenters. The maximum atomic E-state index is 11.8. The SMILES string of the molecule is O[C@@H]1[C@@H](O)[C@H](O[C@@H]2OC[C@@H](O[C@@H]3OC[C@@H](O[C@@H]4OC[C@@H](O[C@@H]5OC[C@H](O)[C@H](O[C@@H]6OC[C@H](O)[C@H](O)[C@H]6O)[C@H]5O)[C@H](O)[C@H]4O)[C@H](O[C@@H]4OC[C@H](O)[C@H](O[C@@H]5OC[C@H](O)[C@H](O)[C@H]5O)[C@H]4O)[C@H]3O)[C@H](O)[C@H]2O)CO[C@H]1O. The lowest BCUT2D eigenvalue weighted by Gasteiger charge is -2.47. The molecule has 0 aromatic rings. The fourth-order valence-electron chi connectivity index (χ4n) is 9.15. The Morgan fingerprint density at radius 1 is 0.205 bits per heavy atom. The predicted octanol–water partition coefficient (Wildman–Crippen LogP) is -13.3. The largest absolute Gasteiger partial charge is 0.388 e. The standard InChI is InChI=1S/C40H66O33/c41-9-1-60-36(23(51)17(9)45)71-30-11(43)3-62-38(27(30)55)68-14-7-65-35(26(54)21(14)49)70-16-8-66-39(69-15-6-64-34(25(53)20(15)48)67-13-5-59-33(58)22(50)19(13)47)29(57)32(16)73-40-28(56)31(12(44)4-63-40)72-37-24(52)18(46)10(42)2-61-37/h9-58H,1-8H2/t9-,10-,11-,12-,13+,14+,15+,16+,17-,18-,19-,20-,21-,22+,23+,24+,25+,26+,27+,28+,29+,30-,31-,32-,33+,34-,35-,36-,37-,38-,39-,40-/m0/s1. The van der Waals surface area contributed by atoms with Crippen molar-refractivity contribution >= 4 is 0 Å². The van der Waals surface area contributed by atoms with Crippen LogP contribution in [0, 0.1) is 0 Å². The van der Waals surface area contributed by atoms with Crippen molar-refractivity contribution in [2.75, 3.05) is 52.9 Å². The zero-order valence-corrected chi connectivity index (χ0v) is 38.3. The van der Waals surface area contributed by atoms with Crippen LogP contribution in [0.5, 0.6) is 0 Å². The van der Waals surface area contributed by atoms with Gasteiger partial charge in [0.2, 0.25) is 0 Å². The number of rotatable bonds is 14. The highest BCUT2D eigenvalue weighted by Gasteiger charge is 2.54. The molecule has 8 aliphatic heterocycles. The Kier molecular flexibility index (Phi) is 19.6. The maximum Gasteiger partial charge on any atom is 0.186 e. The molecule has 0 bridgehead atoms. The molecule has 0 aromatic heterocycles. The molecule has 0 aromatic carbocycles. The normalized spacial score (nSPS) is 54.5. The van der Waals surface area contributed by atoms with Crippen LogP contribution in [-0.4, -0.2) is 342 Å². The van der Waals surface area contributed by atoms with Gasteiger partial charge < -0.3 is 163 Å². The van der Waals surface area contributed by atoms with Crippen LogP contribution >= 0.6 is 0 Å². The third kappa shape index (κ3) is 12.6. The minimum atomic E-state index is -2.03. The Hall–Kier alpha value is -1.32. The number of ether oxygens (including phenoxy) is 15. The van der Waals surface area contributed by atoms with Gasteiger partial charge in [-0.05, 0) is 0 Å². The summed E-state index contributed by atoms with van der Waals surface area (Å²) in [5.41, 5.74) is 0. The second-order valence-corrected chi connectivity index (χ2v) is 18.8. The Labute approximate surface area is 412 Å². The van der Waals surface area contributed by atoms with E-state index in [2.05, 4.69) is 0 Å². The second kappa shape index (κ2) is 24.8. The lowest BCUT2D eigenvalue weighted by atomic mass is 10.0. The van der Waals surface area contributed by atoms with Crippen molar-refractivity contribution in [2.24, 2.45) is 0 Å². The van der Waals surface area contributed by atoms with Gasteiger partial charge in [-0.15, -0.1) is 0 Å². The fourth-order valence-corrected chi connectivity index (χ4v) is 9.15. The highest BCUT2D eigenvalue weighted by molar-refractivity contribution is 4.96. The molecule has 8 aliphatic rings. The molecule has 33 nitrogen and oxygen atoms in total. The molecule has 8 saturated heterocycles. The zero-order valence-electron chi connectivity index (χ0n) is 38.3. The molecule has 0 saturated carbocycles. The first-order valence-corrected chi connectivity index (χ1v) is 23.4. The molecule has 0 spiro atoms. The number of hydrogen-bond acceptors (Lipinski definition) is 33. The summed E-state index contributed by atoms with van der Waals surface area (Å²) in [6.07, 6.45) is -54.9. The first kappa shape index (κ1) is 57.8.